The predicted octanol–water partition coefficient (Wildman–Crippen LogP) is 1.73. The van der Waals surface area contributed by atoms with Gasteiger partial charge in [0.25, 0.3) is 0 Å². The lowest BCUT2D eigenvalue weighted by Gasteiger charge is -2.37. The highest BCUT2D eigenvalue weighted by atomic mass is 32.2. The number of carboxylic acid groups (broad SMARTS) is 2. The lowest BCUT2D eigenvalue weighted by atomic mass is 10.2. The predicted molar refractivity (Wildman–Crippen MR) is 127 cm³/mol. The molecule has 0 saturated carbocycles. The molecule has 3 rings (SSSR count). The molecule has 1 aromatic carbocycles. The lowest BCUT2D eigenvalue weighted by molar-refractivity contribution is -0.159. The van der Waals surface area contributed by atoms with Crippen LogP contribution < -0.4 is 9.64 Å². The van der Waals surface area contributed by atoms with Crippen LogP contribution >= 0.6 is 0 Å². The molecule has 1 fully saturated rings. The van der Waals surface area contributed by atoms with Crippen LogP contribution in [0.3, 0.4) is 0 Å². The third-order valence-corrected chi connectivity index (χ3v) is 6.52. The molecule has 0 aliphatic carbocycles. The molecule has 13 heteroatoms. The van der Waals surface area contributed by atoms with Gasteiger partial charge in [-0.15, -0.1) is 0 Å². The van der Waals surface area contributed by atoms with Crippen molar-refractivity contribution >= 4 is 27.8 Å². The van der Waals surface area contributed by atoms with Crippen molar-refractivity contribution in [2.45, 2.75) is 44.0 Å². The van der Waals surface area contributed by atoms with E-state index in [2.05, 4.69) is 40.7 Å². The molecule has 0 radical (unpaired) electrons. The summed E-state index contributed by atoms with van der Waals surface area (Å²) in [6.07, 6.45) is 2.10. The van der Waals surface area contributed by atoms with Gasteiger partial charge >= 0.3 is 18.0 Å². The lowest BCUT2D eigenvalue weighted by Crippen LogP contribution is -2.50. The van der Waals surface area contributed by atoms with Crippen LogP contribution in [0.5, 0.6) is 5.75 Å². The van der Waals surface area contributed by atoms with E-state index in [9.17, 15) is 8.42 Å². The minimum absolute atomic E-state index is 0.261. The Hall–Kier alpha value is -3.19. The van der Waals surface area contributed by atoms with Crippen molar-refractivity contribution in [1.29, 1.82) is 0 Å². The van der Waals surface area contributed by atoms with E-state index in [1.165, 1.54) is 6.26 Å². The van der Waals surface area contributed by atoms with Crippen LogP contribution in [-0.4, -0.2) is 90.7 Å². The number of rotatable bonds is 8. The summed E-state index contributed by atoms with van der Waals surface area (Å²) in [7, 11) is -3.18. The maximum absolute atomic E-state index is 11.5. The number of hydrogen-bond acceptors (Lipinski definition) is 10. The summed E-state index contributed by atoms with van der Waals surface area (Å²) in [5, 5.41) is 18.8. The van der Waals surface area contributed by atoms with Crippen LogP contribution in [0.15, 0.2) is 33.7 Å². The minimum atomic E-state index is -3.18. The number of aliphatic carboxylic acids is 2. The van der Waals surface area contributed by atoms with Crippen LogP contribution in [0.4, 0.5) is 6.01 Å². The fourth-order valence-electron chi connectivity index (χ4n) is 3.26. The molecule has 0 bridgehead atoms. The summed E-state index contributed by atoms with van der Waals surface area (Å²) < 4.78 is 34.2. The minimum Gasteiger partial charge on any atom is -0.494 e. The number of piperazine rings is 1. The van der Waals surface area contributed by atoms with Gasteiger partial charge in [-0.3, -0.25) is 4.90 Å². The van der Waals surface area contributed by atoms with Crippen molar-refractivity contribution in [3.63, 3.8) is 0 Å². The van der Waals surface area contributed by atoms with Gasteiger partial charge in [0.2, 0.25) is 0 Å². The zero-order valence-corrected chi connectivity index (χ0v) is 21.1. The van der Waals surface area contributed by atoms with E-state index in [0.29, 0.717) is 29.3 Å². The average molecular weight is 513 g/mol. The molecule has 0 amide bonds. The molecular formula is C22H32N4O8S. The van der Waals surface area contributed by atoms with Crippen LogP contribution in [0.25, 0.3) is 0 Å². The first-order chi connectivity index (χ1) is 16.4. The first-order valence-electron chi connectivity index (χ1n) is 11.1. The molecule has 1 aliphatic rings. The summed E-state index contributed by atoms with van der Waals surface area (Å²) in [6.45, 7) is 10.5. The maximum atomic E-state index is 11.5. The van der Waals surface area contributed by atoms with Gasteiger partial charge in [-0.1, -0.05) is 19.0 Å². The van der Waals surface area contributed by atoms with Gasteiger partial charge in [0.1, 0.15) is 5.75 Å². The second-order valence-electron chi connectivity index (χ2n) is 8.45. The quantitative estimate of drug-likeness (QED) is 0.493. The average Bonchev–Trinajstić information content (AvgIpc) is 3.30. The van der Waals surface area contributed by atoms with Gasteiger partial charge in [0.15, 0.2) is 15.7 Å². The van der Waals surface area contributed by atoms with Crippen LogP contribution in [0, 0.1) is 0 Å². The number of nitrogens with zero attached hydrogens (tertiary/aromatic N) is 4. The van der Waals surface area contributed by atoms with E-state index < -0.39 is 21.8 Å². The Bertz CT molecular complexity index is 1070. The molecule has 0 spiro atoms. The standard InChI is InChI=1S/C20H30N4O4S.C2H2O4/c1-15(2)19-21-20(28-22-19)24-12-10-23(11-13-24)16(3)9-14-27-17-5-7-18(8-6-17)29(4,25)26;3-1(4)2(5)6/h5-8,15-16H,9-14H2,1-4H3;(H,3,4)(H,5,6). The third-order valence-electron chi connectivity index (χ3n) is 5.39. The number of ether oxygens (including phenoxy) is 1. The molecule has 35 heavy (non-hydrogen) atoms. The van der Waals surface area contributed by atoms with Crippen molar-refractivity contribution in [1.82, 2.24) is 15.0 Å². The Morgan fingerprint density at radius 1 is 1.06 bits per heavy atom. The number of anilines is 1. The van der Waals surface area contributed by atoms with E-state index in [1.807, 2.05) is 0 Å². The summed E-state index contributed by atoms with van der Waals surface area (Å²) in [6, 6.07) is 7.57. The third kappa shape index (κ3) is 8.83. The fraction of sp³-hybridized carbons (Fsp3) is 0.545. The Balaban J connectivity index is 0.000000641. The van der Waals surface area contributed by atoms with Gasteiger partial charge in [0.05, 0.1) is 11.5 Å². The molecule has 2 N–H and O–H groups in total. The number of carboxylic acids is 2. The smallest absolute Gasteiger partial charge is 0.414 e. The van der Waals surface area contributed by atoms with Crippen molar-refractivity contribution in [2.24, 2.45) is 0 Å². The molecule has 1 unspecified atom stereocenters. The number of hydrogen-bond donors (Lipinski definition) is 2. The first-order valence-corrected chi connectivity index (χ1v) is 13.0. The van der Waals surface area contributed by atoms with Crippen molar-refractivity contribution in [3.05, 3.63) is 30.1 Å². The highest BCUT2D eigenvalue weighted by molar-refractivity contribution is 7.90. The Labute approximate surface area is 204 Å². The second-order valence-corrected chi connectivity index (χ2v) is 10.5. The first kappa shape index (κ1) is 28.1. The van der Waals surface area contributed by atoms with Gasteiger partial charge in [-0.05, 0) is 37.6 Å². The Morgan fingerprint density at radius 3 is 2.09 bits per heavy atom. The highest BCUT2D eigenvalue weighted by Gasteiger charge is 2.24. The molecule has 12 nitrogen and oxygen atoms in total. The van der Waals surface area contributed by atoms with Gasteiger partial charge in [-0.2, -0.15) is 4.98 Å². The van der Waals surface area contributed by atoms with Gasteiger partial charge in [0, 0.05) is 44.4 Å². The van der Waals surface area contributed by atoms with Crippen molar-refractivity contribution < 1.29 is 37.5 Å². The summed E-state index contributed by atoms with van der Waals surface area (Å²) in [5.41, 5.74) is 0. The maximum Gasteiger partial charge on any atom is 0.414 e. The topological polar surface area (TPSA) is 163 Å². The van der Waals surface area contributed by atoms with E-state index in [-0.39, 0.29) is 5.92 Å². The largest absolute Gasteiger partial charge is 0.494 e. The van der Waals surface area contributed by atoms with E-state index >= 15 is 0 Å². The molecule has 1 saturated heterocycles. The number of carbonyl (C=O) groups is 2. The highest BCUT2D eigenvalue weighted by Crippen LogP contribution is 2.20. The Morgan fingerprint density at radius 2 is 1.63 bits per heavy atom. The summed E-state index contributed by atoms with van der Waals surface area (Å²) in [4.78, 5) is 27.6. The molecule has 1 aromatic heterocycles. The van der Waals surface area contributed by atoms with E-state index in [4.69, 9.17) is 29.1 Å². The van der Waals surface area contributed by atoms with Crippen LogP contribution in [0.2, 0.25) is 0 Å². The van der Waals surface area contributed by atoms with E-state index in [1.54, 1.807) is 24.3 Å². The monoisotopic (exact) mass is 512 g/mol. The molecule has 2 heterocycles. The normalized spacial score (nSPS) is 15.3. The zero-order valence-electron chi connectivity index (χ0n) is 20.2. The zero-order chi connectivity index (χ0) is 26.2. The van der Waals surface area contributed by atoms with Gasteiger partial charge in [-0.25, -0.2) is 18.0 Å². The van der Waals surface area contributed by atoms with Crippen LogP contribution in [0.1, 0.15) is 38.9 Å². The van der Waals surface area contributed by atoms with Crippen molar-refractivity contribution in [2.75, 3.05) is 43.9 Å². The molecule has 194 valence electrons. The summed E-state index contributed by atoms with van der Waals surface area (Å²) in [5.74, 6) is -1.95. The number of benzene rings is 1. The number of aromatic nitrogens is 2. The van der Waals surface area contributed by atoms with Crippen LogP contribution in [-0.2, 0) is 19.4 Å². The Kier molecular flexibility index (Phi) is 10.0. The molecule has 1 aliphatic heterocycles. The van der Waals surface area contributed by atoms with E-state index in [0.717, 1.165) is 38.4 Å². The fourth-order valence-corrected chi connectivity index (χ4v) is 3.89. The van der Waals surface area contributed by atoms with Crippen molar-refractivity contribution in [3.8, 4) is 5.75 Å². The molecular weight excluding hydrogens is 480 g/mol. The summed E-state index contributed by atoms with van der Waals surface area (Å²) >= 11 is 0. The SMILES string of the molecule is CC(C)c1noc(N2CCN(C(C)CCOc3ccc(S(C)(=O)=O)cc3)CC2)n1.O=C(O)C(=O)O. The molecule has 2 aromatic rings. The number of sulfone groups is 1. The second kappa shape index (κ2) is 12.5. The van der Waals surface area contributed by atoms with Gasteiger partial charge < -0.3 is 24.4 Å². The molecule has 1 atom stereocenters.